The Morgan fingerprint density at radius 1 is 1.03 bits per heavy atom. The number of piperidine rings is 1. The maximum atomic E-state index is 13.6. The van der Waals surface area contributed by atoms with Crippen molar-refractivity contribution in [2.75, 3.05) is 18.0 Å². The number of aryl methyl sites for hydroxylation is 2. The second-order valence-electron chi connectivity index (χ2n) is 8.03. The van der Waals surface area contributed by atoms with Gasteiger partial charge in [0.25, 0.3) is 17.4 Å². The molecule has 0 saturated carbocycles. The first-order valence-electron chi connectivity index (χ1n) is 10.4. The van der Waals surface area contributed by atoms with Crippen molar-refractivity contribution in [1.29, 1.82) is 0 Å². The van der Waals surface area contributed by atoms with E-state index in [-0.39, 0.29) is 17.4 Å². The maximum absolute atomic E-state index is 13.6. The average molecular weight is 393 g/mol. The second-order valence-corrected chi connectivity index (χ2v) is 8.03. The van der Waals surface area contributed by atoms with Crippen LogP contribution in [-0.4, -0.2) is 39.9 Å². The summed E-state index contributed by atoms with van der Waals surface area (Å²) in [6.07, 6.45) is 4.64. The van der Waals surface area contributed by atoms with E-state index in [0.29, 0.717) is 38.0 Å². The minimum Gasteiger partial charge on any atom is -0.324 e. The van der Waals surface area contributed by atoms with Gasteiger partial charge in [0.1, 0.15) is 5.54 Å². The van der Waals surface area contributed by atoms with Crippen LogP contribution in [-0.2, 0) is 11.3 Å². The second kappa shape index (κ2) is 7.50. The number of aromatic nitrogens is 1. The maximum Gasteiger partial charge on any atom is 0.255 e. The molecule has 2 saturated heterocycles. The van der Waals surface area contributed by atoms with E-state index < -0.39 is 5.54 Å². The molecule has 0 bridgehead atoms. The minimum atomic E-state index is -0.806. The zero-order valence-corrected chi connectivity index (χ0v) is 17.1. The molecule has 1 aromatic heterocycles. The highest BCUT2D eigenvalue weighted by molar-refractivity contribution is 6.06. The molecular formula is C23H27N3O3. The van der Waals surface area contributed by atoms with E-state index >= 15 is 0 Å². The topological polar surface area (TPSA) is 62.6 Å². The van der Waals surface area contributed by atoms with Gasteiger partial charge in [-0.1, -0.05) is 17.7 Å². The van der Waals surface area contributed by atoms with Crippen LogP contribution in [0.4, 0.5) is 5.69 Å². The molecule has 6 heteroatoms. The van der Waals surface area contributed by atoms with Gasteiger partial charge in [-0.2, -0.15) is 0 Å². The van der Waals surface area contributed by atoms with Gasteiger partial charge in [-0.15, -0.1) is 0 Å². The van der Waals surface area contributed by atoms with Crippen LogP contribution in [0.25, 0.3) is 0 Å². The third kappa shape index (κ3) is 3.26. The van der Waals surface area contributed by atoms with Crippen LogP contribution in [0, 0.1) is 6.92 Å². The van der Waals surface area contributed by atoms with Crippen LogP contribution in [0.5, 0.6) is 0 Å². The van der Waals surface area contributed by atoms with Gasteiger partial charge >= 0.3 is 0 Å². The Bertz CT molecular complexity index is 995. The number of likely N-dealkylation sites (tertiary alicyclic amines) is 1. The lowest BCUT2D eigenvalue weighted by atomic mass is 9.84. The van der Waals surface area contributed by atoms with E-state index in [9.17, 15) is 14.4 Å². The number of anilines is 1. The first-order chi connectivity index (χ1) is 14.0. The Balaban J connectivity index is 1.66. The molecule has 1 spiro atoms. The summed E-state index contributed by atoms with van der Waals surface area (Å²) >= 11 is 0. The third-order valence-corrected chi connectivity index (χ3v) is 6.28. The van der Waals surface area contributed by atoms with Crippen molar-refractivity contribution in [2.24, 2.45) is 0 Å². The molecule has 4 rings (SSSR count). The summed E-state index contributed by atoms with van der Waals surface area (Å²) in [5.41, 5.74) is 1.39. The fraction of sp³-hybridized carbons (Fsp3) is 0.435. The molecule has 0 N–H and O–H groups in total. The van der Waals surface area contributed by atoms with Crippen LogP contribution in [0.1, 0.15) is 48.5 Å². The summed E-state index contributed by atoms with van der Waals surface area (Å²) in [5, 5.41) is 0. The van der Waals surface area contributed by atoms with E-state index in [0.717, 1.165) is 24.1 Å². The van der Waals surface area contributed by atoms with Crippen LogP contribution >= 0.6 is 0 Å². The molecule has 2 aliphatic heterocycles. The fourth-order valence-corrected chi connectivity index (χ4v) is 4.68. The quantitative estimate of drug-likeness (QED) is 0.805. The zero-order valence-electron chi connectivity index (χ0n) is 17.1. The van der Waals surface area contributed by atoms with Crippen LogP contribution < -0.4 is 10.5 Å². The van der Waals surface area contributed by atoms with E-state index in [1.165, 1.54) is 6.07 Å². The lowest BCUT2D eigenvalue weighted by Gasteiger charge is -2.44. The first kappa shape index (κ1) is 19.4. The molecule has 3 heterocycles. The molecular weight excluding hydrogens is 366 g/mol. The van der Waals surface area contributed by atoms with Gasteiger partial charge in [0, 0.05) is 43.1 Å². The van der Waals surface area contributed by atoms with Crippen molar-refractivity contribution in [3.8, 4) is 0 Å². The highest BCUT2D eigenvalue weighted by Gasteiger charge is 2.53. The van der Waals surface area contributed by atoms with Crippen molar-refractivity contribution >= 4 is 17.5 Å². The standard InChI is InChI=1S/C23H27N3O3/c1-3-24-15-10-18(16-20(24)27)21(28)26-14-5-12-23(26)11-4-13-25(22(23)29)19-8-6-17(2)7-9-19/h6-10,15-16H,3-5,11-14H2,1-2H3. The molecule has 2 aromatic rings. The van der Waals surface area contributed by atoms with E-state index in [1.54, 1.807) is 21.7 Å². The van der Waals surface area contributed by atoms with E-state index in [4.69, 9.17) is 0 Å². The van der Waals surface area contributed by atoms with Crippen molar-refractivity contribution < 1.29 is 9.59 Å². The summed E-state index contributed by atoms with van der Waals surface area (Å²) in [4.78, 5) is 42.7. The number of pyridine rings is 1. The number of amides is 2. The third-order valence-electron chi connectivity index (χ3n) is 6.28. The van der Waals surface area contributed by atoms with Gasteiger partial charge in [-0.25, -0.2) is 0 Å². The smallest absolute Gasteiger partial charge is 0.255 e. The lowest BCUT2D eigenvalue weighted by Crippen LogP contribution is -2.61. The van der Waals surface area contributed by atoms with Gasteiger partial charge in [-0.05, 0) is 57.7 Å². The van der Waals surface area contributed by atoms with Crippen LogP contribution in [0.15, 0.2) is 47.4 Å². The molecule has 2 fully saturated rings. The Hall–Kier alpha value is -2.89. The lowest BCUT2D eigenvalue weighted by molar-refractivity contribution is -0.130. The molecule has 6 nitrogen and oxygen atoms in total. The molecule has 29 heavy (non-hydrogen) atoms. The number of benzene rings is 1. The van der Waals surface area contributed by atoms with Gasteiger partial charge in [0.15, 0.2) is 0 Å². The number of nitrogens with zero attached hydrogens (tertiary/aromatic N) is 3. The van der Waals surface area contributed by atoms with Crippen LogP contribution in [0.2, 0.25) is 0 Å². The normalized spacial score (nSPS) is 21.8. The summed E-state index contributed by atoms with van der Waals surface area (Å²) in [6.45, 7) is 5.68. The van der Waals surface area contributed by atoms with Crippen molar-refractivity contribution in [2.45, 2.75) is 51.6 Å². The highest BCUT2D eigenvalue weighted by Crippen LogP contribution is 2.40. The molecule has 0 radical (unpaired) electrons. The predicted octanol–water partition coefficient (Wildman–Crippen LogP) is 2.98. The molecule has 2 aliphatic rings. The van der Waals surface area contributed by atoms with E-state index in [2.05, 4.69) is 0 Å². The SMILES string of the molecule is CCn1ccc(C(=O)N2CCCC23CCCN(c2ccc(C)cc2)C3=O)cc1=O. The summed E-state index contributed by atoms with van der Waals surface area (Å²) in [6, 6.07) is 11.0. The van der Waals surface area contributed by atoms with Crippen molar-refractivity contribution in [1.82, 2.24) is 9.47 Å². The molecule has 2 amide bonds. The Labute approximate surface area is 170 Å². The first-order valence-corrected chi connectivity index (χ1v) is 10.4. The van der Waals surface area contributed by atoms with Crippen LogP contribution in [0.3, 0.4) is 0 Å². The number of carbonyl (C=O) groups excluding carboxylic acids is 2. The number of hydrogen-bond acceptors (Lipinski definition) is 3. The molecule has 1 aromatic carbocycles. The fourth-order valence-electron chi connectivity index (χ4n) is 4.68. The van der Waals surface area contributed by atoms with Crippen molar-refractivity contribution in [3.63, 3.8) is 0 Å². The Kier molecular flexibility index (Phi) is 5.03. The van der Waals surface area contributed by atoms with Gasteiger partial charge in [0.05, 0.1) is 0 Å². The monoisotopic (exact) mass is 393 g/mol. The summed E-state index contributed by atoms with van der Waals surface area (Å²) in [5.74, 6) is -0.220. The average Bonchev–Trinajstić information content (AvgIpc) is 3.14. The number of rotatable bonds is 3. The molecule has 1 unspecified atom stereocenters. The van der Waals surface area contributed by atoms with Gasteiger partial charge < -0.3 is 14.4 Å². The largest absolute Gasteiger partial charge is 0.324 e. The Morgan fingerprint density at radius 3 is 2.38 bits per heavy atom. The van der Waals surface area contributed by atoms with E-state index in [1.807, 2.05) is 43.0 Å². The van der Waals surface area contributed by atoms with Crippen molar-refractivity contribution in [3.05, 3.63) is 64.1 Å². The Morgan fingerprint density at radius 2 is 1.72 bits per heavy atom. The summed E-state index contributed by atoms with van der Waals surface area (Å²) < 4.78 is 1.56. The summed E-state index contributed by atoms with van der Waals surface area (Å²) in [7, 11) is 0. The molecule has 1 atom stereocenters. The van der Waals surface area contributed by atoms with Gasteiger partial charge in [0.2, 0.25) is 0 Å². The number of hydrogen-bond donors (Lipinski definition) is 0. The minimum absolute atomic E-state index is 0.000327. The zero-order chi connectivity index (χ0) is 20.6. The van der Waals surface area contributed by atoms with Gasteiger partial charge in [-0.3, -0.25) is 14.4 Å². The molecule has 0 aliphatic carbocycles. The molecule has 152 valence electrons. The predicted molar refractivity (Wildman–Crippen MR) is 112 cm³/mol. The number of carbonyl (C=O) groups is 2. The highest BCUT2D eigenvalue weighted by atomic mass is 16.2.